The Balaban J connectivity index is 2.50. The molecule has 0 aliphatic rings. The molecule has 1 aromatic carbocycles. The monoisotopic (exact) mass is 187 g/mol. The molecular formula is C12H13NO. The SMILES string of the molecule is C[N+]([O-])=CC=CC=Cc1ccccc1. The smallest absolute Gasteiger partial charge is 0.174 e. The van der Waals surface area contributed by atoms with Gasteiger partial charge < -0.3 is 5.21 Å². The van der Waals surface area contributed by atoms with Crippen molar-refractivity contribution >= 4 is 12.3 Å². The van der Waals surface area contributed by atoms with Crippen molar-refractivity contribution in [3.8, 4) is 0 Å². The molecule has 0 unspecified atom stereocenters. The van der Waals surface area contributed by atoms with Gasteiger partial charge in [0.15, 0.2) is 6.21 Å². The van der Waals surface area contributed by atoms with Crippen molar-refractivity contribution in [3.05, 3.63) is 59.3 Å². The standard InChI is InChI=1S/C12H13NO/c1-13(14)11-7-3-6-10-12-8-4-2-5-9-12/h2-11H,1H3. The lowest BCUT2D eigenvalue weighted by molar-refractivity contribution is -0.416. The van der Waals surface area contributed by atoms with Gasteiger partial charge in [0, 0.05) is 6.08 Å². The van der Waals surface area contributed by atoms with Crippen molar-refractivity contribution in [2.24, 2.45) is 0 Å². The maximum atomic E-state index is 10.5. The van der Waals surface area contributed by atoms with Gasteiger partial charge >= 0.3 is 0 Å². The van der Waals surface area contributed by atoms with E-state index in [4.69, 9.17) is 0 Å². The highest BCUT2D eigenvalue weighted by Gasteiger charge is 1.79. The Kier molecular flexibility index (Phi) is 4.21. The van der Waals surface area contributed by atoms with Crippen LogP contribution in [0, 0.1) is 5.21 Å². The number of hydrogen-bond donors (Lipinski definition) is 0. The predicted octanol–water partition coefficient (Wildman–Crippen LogP) is 2.47. The molecule has 0 aliphatic carbocycles. The Morgan fingerprint density at radius 3 is 2.43 bits per heavy atom. The fraction of sp³-hybridized carbons (Fsp3) is 0.0833. The fourth-order valence-corrected chi connectivity index (χ4v) is 0.966. The van der Waals surface area contributed by atoms with Crippen LogP contribution in [0.15, 0.2) is 48.6 Å². The first-order valence-corrected chi connectivity index (χ1v) is 4.42. The van der Waals surface area contributed by atoms with Crippen molar-refractivity contribution in [1.82, 2.24) is 0 Å². The van der Waals surface area contributed by atoms with Gasteiger partial charge in [-0.25, -0.2) is 4.74 Å². The summed E-state index contributed by atoms with van der Waals surface area (Å²) in [6.07, 6.45) is 8.85. The minimum Gasteiger partial charge on any atom is -0.624 e. The average molecular weight is 187 g/mol. The Labute approximate surface area is 84.1 Å². The zero-order chi connectivity index (χ0) is 10.2. The predicted molar refractivity (Wildman–Crippen MR) is 60.2 cm³/mol. The van der Waals surface area contributed by atoms with Crippen molar-refractivity contribution < 1.29 is 4.74 Å². The molecule has 0 N–H and O–H groups in total. The van der Waals surface area contributed by atoms with E-state index in [9.17, 15) is 5.21 Å². The highest BCUT2D eigenvalue weighted by molar-refractivity contribution is 5.67. The minimum atomic E-state index is 0.757. The molecule has 2 nitrogen and oxygen atoms in total. The molecule has 1 rings (SSSR count). The van der Waals surface area contributed by atoms with Crippen LogP contribution < -0.4 is 0 Å². The summed E-state index contributed by atoms with van der Waals surface area (Å²) in [5.41, 5.74) is 1.15. The number of hydroxylamine groups is 1. The minimum absolute atomic E-state index is 0.757. The molecule has 0 heterocycles. The molecule has 0 spiro atoms. The summed E-state index contributed by atoms with van der Waals surface area (Å²) in [4.78, 5) is 0. The molecule has 0 amide bonds. The summed E-state index contributed by atoms with van der Waals surface area (Å²) in [6, 6.07) is 10.00. The van der Waals surface area contributed by atoms with Crippen molar-refractivity contribution in [2.75, 3.05) is 7.05 Å². The van der Waals surface area contributed by atoms with Crippen LogP contribution in [0.5, 0.6) is 0 Å². The van der Waals surface area contributed by atoms with Gasteiger partial charge in [0.25, 0.3) is 0 Å². The Morgan fingerprint density at radius 1 is 1.07 bits per heavy atom. The molecule has 2 heteroatoms. The van der Waals surface area contributed by atoms with Crippen LogP contribution in [0.25, 0.3) is 6.08 Å². The lowest BCUT2D eigenvalue weighted by atomic mass is 10.2. The van der Waals surface area contributed by atoms with Gasteiger partial charge in [-0.15, -0.1) is 0 Å². The highest BCUT2D eigenvalue weighted by atomic mass is 16.5. The number of nitrogens with zero attached hydrogens (tertiary/aromatic N) is 1. The van der Waals surface area contributed by atoms with Gasteiger partial charge in [-0.3, -0.25) is 0 Å². The zero-order valence-electron chi connectivity index (χ0n) is 8.13. The first kappa shape index (κ1) is 10.3. The molecule has 0 saturated heterocycles. The summed E-state index contributed by atoms with van der Waals surface area (Å²) in [7, 11) is 1.45. The maximum absolute atomic E-state index is 10.5. The van der Waals surface area contributed by atoms with Crippen molar-refractivity contribution in [1.29, 1.82) is 0 Å². The van der Waals surface area contributed by atoms with Gasteiger partial charge in [-0.2, -0.15) is 0 Å². The maximum Gasteiger partial charge on any atom is 0.174 e. The van der Waals surface area contributed by atoms with E-state index in [0.29, 0.717) is 0 Å². The highest BCUT2D eigenvalue weighted by Crippen LogP contribution is 2.00. The van der Waals surface area contributed by atoms with Gasteiger partial charge in [-0.05, 0) is 5.56 Å². The summed E-state index contributed by atoms with van der Waals surface area (Å²) >= 11 is 0. The Bertz CT molecular complexity index is 346. The van der Waals surface area contributed by atoms with Gasteiger partial charge in [0.05, 0.1) is 0 Å². The quantitative estimate of drug-likeness (QED) is 0.235. The second-order valence-electron chi connectivity index (χ2n) is 2.85. The third kappa shape index (κ3) is 4.26. The lowest BCUT2D eigenvalue weighted by Crippen LogP contribution is -1.91. The number of hydrogen-bond acceptors (Lipinski definition) is 1. The molecule has 0 bridgehead atoms. The third-order valence-electron chi connectivity index (χ3n) is 1.61. The van der Waals surface area contributed by atoms with Gasteiger partial charge in [-0.1, -0.05) is 48.6 Å². The molecule has 0 aromatic heterocycles. The fourth-order valence-electron chi connectivity index (χ4n) is 0.966. The van der Waals surface area contributed by atoms with Crippen LogP contribution in [-0.2, 0) is 0 Å². The number of rotatable bonds is 3. The summed E-state index contributed by atoms with van der Waals surface area (Å²) in [5.74, 6) is 0. The number of benzene rings is 1. The van der Waals surface area contributed by atoms with Gasteiger partial charge in [0.2, 0.25) is 0 Å². The van der Waals surface area contributed by atoms with Crippen LogP contribution in [0.2, 0.25) is 0 Å². The summed E-state index contributed by atoms with van der Waals surface area (Å²) in [5, 5.41) is 10.5. The molecule has 0 fully saturated rings. The molecule has 1 aromatic rings. The summed E-state index contributed by atoms with van der Waals surface area (Å²) in [6.45, 7) is 0. The van der Waals surface area contributed by atoms with E-state index in [1.54, 1.807) is 6.08 Å². The van der Waals surface area contributed by atoms with Gasteiger partial charge in [0.1, 0.15) is 7.05 Å². The second kappa shape index (κ2) is 5.75. The van der Waals surface area contributed by atoms with E-state index < -0.39 is 0 Å². The molecule has 14 heavy (non-hydrogen) atoms. The van der Waals surface area contributed by atoms with Crippen LogP contribution in [0.1, 0.15) is 5.56 Å². The molecular weight excluding hydrogens is 174 g/mol. The largest absolute Gasteiger partial charge is 0.624 e. The van der Waals surface area contributed by atoms with Crippen LogP contribution in [-0.4, -0.2) is 18.0 Å². The van der Waals surface area contributed by atoms with Crippen LogP contribution in [0.4, 0.5) is 0 Å². The Morgan fingerprint density at radius 2 is 1.79 bits per heavy atom. The van der Waals surface area contributed by atoms with Crippen LogP contribution >= 0.6 is 0 Å². The molecule has 0 radical (unpaired) electrons. The normalized spacial score (nSPS) is 12.8. The third-order valence-corrected chi connectivity index (χ3v) is 1.61. The topological polar surface area (TPSA) is 26.1 Å². The van der Waals surface area contributed by atoms with E-state index >= 15 is 0 Å². The van der Waals surface area contributed by atoms with Crippen LogP contribution in [0.3, 0.4) is 0 Å². The Hall–Kier alpha value is -1.83. The number of allylic oxidation sites excluding steroid dienone is 3. The summed E-state index contributed by atoms with van der Waals surface area (Å²) < 4.78 is 0.757. The van der Waals surface area contributed by atoms with Crippen molar-refractivity contribution in [2.45, 2.75) is 0 Å². The van der Waals surface area contributed by atoms with E-state index in [-0.39, 0.29) is 0 Å². The van der Waals surface area contributed by atoms with Crippen molar-refractivity contribution in [3.63, 3.8) is 0 Å². The van der Waals surface area contributed by atoms with E-state index in [0.717, 1.165) is 10.3 Å². The molecule has 0 aliphatic heterocycles. The first-order chi connectivity index (χ1) is 6.79. The zero-order valence-corrected chi connectivity index (χ0v) is 8.13. The van der Waals surface area contributed by atoms with E-state index in [2.05, 4.69) is 0 Å². The lowest BCUT2D eigenvalue weighted by Gasteiger charge is -1.89. The molecule has 72 valence electrons. The molecule has 0 saturated carbocycles. The van der Waals surface area contributed by atoms with E-state index in [1.807, 2.05) is 48.6 Å². The molecule has 0 atom stereocenters. The average Bonchev–Trinajstić information content (AvgIpc) is 2.18. The second-order valence-corrected chi connectivity index (χ2v) is 2.85. The van der Waals surface area contributed by atoms with E-state index in [1.165, 1.54) is 13.3 Å². The first-order valence-electron chi connectivity index (χ1n) is 4.42.